The lowest BCUT2D eigenvalue weighted by atomic mass is 10.1. The van der Waals surface area contributed by atoms with Gasteiger partial charge in [0.2, 0.25) is 0 Å². The molecule has 1 aromatic rings. The van der Waals surface area contributed by atoms with Crippen LogP contribution in [0.3, 0.4) is 0 Å². The van der Waals surface area contributed by atoms with E-state index in [-0.39, 0.29) is 5.69 Å². The molecular weight excluding hydrogens is 220 g/mol. The summed E-state index contributed by atoms with van der Waals surface area (Å²) in [6.07, 6.45) is 3.59. The van der Waals surface area contributed by atoms with Crippen molar-refractivity contribution in [3.8, 4) is 0 Å². The van der Waals surface area contributed by atoms with E-state index in [1.807, 2.05) is 7.05 Å². The van der Waals surface area contributed by atoms with E-state index in [9.17, 15) is 10.1 Å². The van der Waals surface area contributed by atoms with E-state index >= 15 is 0 Å². The van der Waals surface area contributed by atoms with E-state index < -0.39 is 4.92 Å². The van der Waals surface area contributed by atoms with E-state index in [1.54, 1.807) is 6.07 Å². The lowest BCUT2D eigenvalue weighted by molar-refractivity contribution is -0.385. The molecule has 0 radical (unpaired) electrons. The van der Waals surface area contributed by atoms with Gasteiger partial charge in [0.25, 0.3) is 5.69 Å². The Hall–Kier alpha value is -1.69. The van der Waals surface area contributed by atoms with Crippen molar-refractivity contribution >= 4 is 11.5 Å². The van der Waals surface area contributed by atoms with E-state index in [2.05, 4.69) is 15.2 Å². The summed E-state index contributed by atoms with van der Waals surface area (Å²) < 4.78 is 0. The fraction of sp³-hybridized carbons (Fsp3) is 0.545. The zero-order valence-electron chi connectivity index (χ0n) is 9.80. The summed E-state index contributed by atoms with van der Waals surface area (Å²) in [5, 5.41) is 13.9. The minimum atomic E-state index is -0.432. The third-order valence-corrected chi connectivity index (χ3v) is 3.12. The Balaban J connectivity index is 2.07. The van der Waals surface area contributed by atoms with Gasteiger partial charge in [0.1, 0.15) is 12.0 Å². The van der Waals surface area contributed by atoms with Crippen LogP contribution in [0.4, 0.5) is 11.5 Å². The highest BCUT2D eigenvalue weighted by Crippen LogP contribution is 2.19. The van der Waals surface area contributed by atoms with Crippen molar-refractivity contribution in [1.29, 1.82) is 0 Å². The molecule has 17 heavy (non-hydrogen) atoms. The number of nitrogens with one attached hydrogen (secondary N) is 1. The number of aromatic nitrogens is 1. The number of pyridine rings is 1. The highest BCUT2D eigenvalue weighted by Gasteiger charge is 2.19. The van der Waals surface area contributed by atoms with Gasteiger partial charge < -0.3 is 10.2 Å². The average Bonchev–Trinajstić information content (AvgIpc) is 2.39. The van der Waals surface area contributed by atoms with Crippen LogP contribution in [0.25, 0.3) is 0 Å². The van der Waals surface area contributed by atoms with Gasteiger partial charge in [-0.1, -0.05) is 0 Å². The Morgan fingerprint density at radius 3 is 2.94 bits per heavy atom. The van der Waals surface area contributed by atoms with Gasteiger partial charge >= 0.3 is 0 Å². The van der Waals surface area contributed by atoms with Crippen LogP contribution in [0.2, 0.25) is 0 Å². The number of hydrogen-bond donors (Lipinski definition) is 1. The Bertz CT molecular complexity index is 387. The molecule has 0 aliphatic carbocycles. The maximum absolute atomic E-state index is 10.5. The van der Waals surface area contributed by atoms with Gasteiger partial charge in [-0.25, -0.2) is 4.98 Å². The van der Waals surface area contributed by atoms with Crippen LogP contribution in [0.15, 0.2) is 18.3 Å². The molecule has 0 spiro atoms. The largest absolute Gasteiger partial charge is 0.355 e. The van der Waals surface area contributed by atoms with Crippen molar-refractivity contribution in [2.75, 3.05) is 25.0 Å². The third kappa shape index (κ3) is 2.71. The van der Waals surface area contributed by atoms with Crippen molar-refractivity contribution in [3.63, 3.8) is 0 Å². The van der Waals surface area contributed by atoms with Crippen molar-refractivity contribution in [2.45, 2.75) is 18.9 Å². The zero-order valence-corrected chi connectivity index (χ0v) is 9.80. The number of nitro groups is 1. The topological polar surface area (TPSA) is 71.3 Å². The van der Waals surface area contributed by atoms with E-state index in [4.69, 9.17) is 0 Å². The van der Waals surface area contributed by atoms with Crippen LogP contribution in [0.5, 0.6) is 0 Å². The Labute approximate surface area is 99.8 Å². The highest BCUT2D eigenvalue weighted by molar-refractivity contribution is 5.43. The standard InChI is InChI=1S/C11H16N4O2/c1-14(9-3-2-6-12-7-9)11-5-4-10(8-13-11)15(16)17/h4-5,8-9,12H,2-3,6-7H2,1H3/t9-/m0/s1. The summed E-state index contributed by atoms with van der Waals surface area (Å²) in [7, 11) is 1.98. The predicted octanol–water partition coefficient (Wildman–Crippen LogP) is 1.18. The fourth-order valence-corrected chi connectivity index (χ4v) is 2.05. The number of piperidine rings is 1. The molecule has 0 unspecified atom stereocenters. The van der Waals surface area contributed by atoms with Crippen molar-refractivity contribution in [3.05, 3.63) is 28.4 Å². The van der Waals surface area contributed by atoms with Gasteiger partial charge in [0.15, 0.2) is 0 Å². The van der Waals surface area contributed by atoms with Gasteiger partial charge in [0.05, 0.1) is 4.92 Å². The summed E-state index contributed by atoms with van der Waals surface area (Å²) in [6.45, 7) is 2.01. The van der Waals surface area contributed by atoms with E-state index in [0.29, 0.717) is 6.04 Å². The molecule has 2 heterocycles. The maximum Gasteiger partial charge on any atom is 0.287 e. The fourth-order valence-electron chi connectivity index (χ4n) is 2.05. The lowest BCUT2D eigenvalue weighted by Gasteiger charge is -2.32. The molecule has 1 atom stereocenters. The normalized spacial score (nSPS) is 19.9. The highest BCUT2D eigenvalue weighted by atomic mass is 16.6. The van der Waals surface area contributed by atoms with Gasteiger partial charge in [0, 0.05) is 25.7 Å². The smallest absolute Gasteiger partial charge is 0.287 e. The lowest BCUT2D eigenvalue weighted by Crippen LogP contribution is -2.44. The third-order valence-electron chi connectivity index (χ3n) is 3.12. The van der Waals surface area contributed by atoms with Crippen molar-refractivity contribution < 1.29 is 4.92 Å². The van der Waals surface area contributed by atoms with Gasteiger partial charge in [-0.2, -0.15) is 0 Å². The molecule has 1 N–H and O–H groups in total. The van der Waals surface area contributed by atoms with Crippen molar-refractivity contribution in [1.82, 2.24) is 10.3 Å². The molecule has 0 amide bonds. The minimum Gasteiger partial charge on any atom is -0.355 e. The summed E-state index contributed by atoms with van der Waals surface area (Å²) in [6, 6.07) is 3.61. The van der Waals surface area contributed by atoms with Crippen LogP contribution in [-0.2, 0) is 0 Å². The van der Waals surface area contributed by atoms with Crippen molar-refractivity contribution in [2.24, 2.45) is 0 Å². The molecule has 1 aromatic heterocycles. The van der Waals surface area contributed by atoms with E-state index in [1.165, 1.54) is 12.3 Å². The summed E-state index contributed by atoms with van der Waals surface area (Å²) in [5.41, 5.74) is 0.0314. The molecule has 0 bridgehead atoms. The zero-order chi connectivity index (χ0) is 12.3. The van der Waals surface area contributed by atoms with Crippen LogP contribution < -0.4 is 10.2 Å². The molecule has 1 fully saturated rings. The molecular formula is C11H16N4O2. The first-order valence-corrected chi connectivity index (χ1v) is 5.72. The van der Waals surface area contributed by atoms with Gasteiger partial charge in [-0.3, -0.25) is 10.1 Å². The van der Waals surface area contributed by atoms with Crippen LogP contribution in [-0.4, -0.2) is 36.1 Å². The number of hydrogen-bond acceptors (Lipinski definition) is 5. The van der Waals surface area contributed by atoms with Gasteiger partial charge in [-0.05, 0) is 25.5 Å². The molecule has 1 aliphatic rings. The average molecular weight is 236 g/mol. The monoisotopic (exact) mass is 236 g/mol. The number of nitrogens with zero attached hydrogens (tertiary/aromatic N) is 3. The maximum atomic E-state index is 10.5. The predicted molar refractivity (Wildman–Crippen MR) is 65.2 cm³/mol. The Morgan fingerprint density at radius 1 is 1.59 bits per heavy atom. The molecule has 6 nitrogen and oxygen atoms in total. The Morgan fingerprint density at radius 2 is 2.41 bits per heavy atom. The minimum absolute atomic E-state index is 0.0314. The molecule has 0 aromatic carbocycles. The first kappa shape index (κ1) is 11.8. The van der Waals surface area contributed by atoms with E-state index in [0.717, 1.165) is 31.7 Å². The van der Waals surface area contributed by atoms with Crippen LogP contribution >= 0.6 is 0 Å². The molecule has 6 heteroatoms. The molecule has 1 saturated heterocycles. The van der Waals surface area contributed by atoms with Gasteiger partial charge in [-0.15, -0.1) is 0 Å². The van der Waals surface area contributed by atoms with Crippen LogP contribution in [0.1, 0.15) is 12.8 Å². The first-order chi connectivity index (χ1) is 8.18. The molecule has 0 saturated carbocycles. The summed E-state index contributed by atoms with van der Waals surface area (Å²) in [4.78, 5) is 16.3. The molecule has 1 aliphatic heterocycles. The molecule has 92 valence electrons. The second-order valence-electron chi connectivity index (χ2n) is 4.24. The van der Waals surface area contributed by atoms with Crippen LogP contribution in [0, 0.1) is 10.1 Å². The quantitative estimate of drug-likeness (QED) is 0.630. The summed E-state index contributed by atoms with van der Waals surface area (Å²) in [5.74, 6) is 0.782. The number of rotatable bonds is 3. The second kappa shape index (κ2) is 5.09. The molecule has 2 rings (SSSR count). The SMILES string of the molecule is CN(c1ccc([N+](=O)[O-])cn1)[C@H]1CCCNC1. The Kier molecular flexibility index (Phi) is 3.53. The number of likely N-dealkylation sites (N-methyl/N-ethyl adjacent to an activating group) is 1. The summed E-state index contributed by atoms with van der Waals surface area (Å²) >= 11 is 0. The first-order valence-electron chi connectivity index (χ1n) is 5.72. The second-order valence-corrected chi connectivity index (χ2v) is 4.24. The number of anilines is 1.